The molecule has 0 saturated heterocycles. The van der Waals surface area contributed by atoms with Crippen molar-refractivity contribution >= 4 is 5.97 Å². The highest BCUT2D eigenvalue weighted by molar-refractivity contribution is 5.78. The van der Waals surface area contributed by atoms with E-state index in [1.54, 1.807) is 12.1 Å². The lowest BCUT2D eigenvalue weighted by atomic mass is 9.87. The van der Waals surface area contributed by atoms with Gasteiger partial charge in [-0.1, -0.05) is 31.9 Å². The van der Waals surface area contributed by atoms with E-state index in [-0.39, 0.29) is 12.2 Å². The Morgan fingerprint density at radius 1 is 1.41 bits per heavy atom. The van der Waals surface area contributed by atoms with E-state index in [0.29, 0.717) is 6.42 Å². The number of rotatable bonds is 6. The maximum atomic E-state index is 12.7. The van der Waals surface area contributed by atoms with Crippen LogP contribution in [0.3, 0.4) is 0 Å². The molecule has 0 aliphatic carbocycles. The molecule has 3 nitrogen and oxygen atoms in total. The van der Waals surface area contributed by atoms with Crippen molar-refractivity contribution in [2.24, 2.45) is 5.73 Å². The average molecular weight is 239 g/mol. The monoisotopic (exact) mass is 239 g/mol. The fourth-order valence-corrected chi connectivity index (χ4v) is 1.73. The molecule has 0 bridgehead atoms. The molecule has 94 valence electrons. The van der Waals surface area contributed by atoms with Gasteiger partial charge in [0.05, 0.1) is 0 Å². The maximum absolute atomic E-state index is 12.7. The Hall–Kier alpha value is -1.42. The number of nitrogens with two attached hydrogens (primary N) is 1. The fraction of sp³-hybridized carbons (Fsp3) is 0.462. The van der Waals surface area contributed by atoms with Gasteiger partial charge in [-0.3, -0.25) is 4.79 Å². The number of carbonyl (C=O) groups is 1. The Labute approximate surface area is 100 Å². The molecule has 0 saturated carbocycles. The summed E-state index contributed by atoms with van der Waals surface area (Å²) < 4.78 is 12.7. The van der Waals surface area contributed by atoms with Crippen LogP contribution < -0.4 is 5.73 Å². The van der Waals surface area contributed by atoms with Crippen LogP contribution in [0.15, 0.2) is 24.3 Å². The highest BCUT2D eigenvalue weighted by Crippen LogP contribution is 2.18. The summed E-state index contributed by atoms with van der Waals surface area (Å²) in [6, 6.07) is 5.78. The van der Waals surface area contributed by atoms with Crippen LogP contribution in [0.25, 0.3) is 0 Å². The molecule has 4 heteroatoms. The average Bonchev–Trinajstić information content (AvgIpc) is 2.29. The second kappa shape index (κ2) is 5.77. The van der Waals surface area contributed by atoms with E-state index in [1.807, 2.05) is 6.92 Å². The molecule has 1 atom stereocenters. The first kappa shape index (κ1) is 13.6. The number of carboxylic acids is 1. The molecule has 0 aromatic heterocycles. The van der Waals surface area contributed by atoms with Gasteiger partial charge in [-0.25, -0.2) is 4.39 Å². The smallest absolute Gasteiger partial charge is 0.324 e. The Morgan fingerprint density at radius 2 is 2.00 bits per heavy atom. The van der Waals surface area contributed by atoms with Gasteiger partial charge < -0.3 is 10.8 Å². The third-order valence-electron chi connectivity index (χ3n) is 2.84. The van der Waals surface area contributed by atoms with Crippen molar-refractivity contribution in [3.8, 4) is 0 Å². The van der Waals surface area contributed by atoms with Gasteiger partial charge >= 0.3 is 5.97 Å². The van der Waals surface area contributed by atoms with Crippen molar-refractivity contribution in [2.45, 2.75) is 38.1 Å². The summed E-state index contributed by atoms with van der Waals surface area (Å²) in [5, 5.41) is 9.18. The summed E-state index contributed by atoms with van der Waals surface area (Å²) in [5.41, 5.74) is 5.39. The molecular weight excluding hydrogens is 221 g/mol. The molecule has 1 aromatic carbocycles. The molecular formula is C13H18FNO2. The number of hydrogen-bond donors (Lipinski definition) is 2. The quantitative estimate of drug-likeness (QED) is 0.800. The van der Waals surface area contributed by atoms with E-state index in [0.717, 1.165) is 18.4 Å². The third-order valence-corrected chi connectivity index (χ3v) is 2.84. The van der Waals surface area contributed by atoms with E-state index in [2.05, 4.69) is 0 Å². The number of halogens is 1. The minimum atomic E-state index is -1.26. The first-order chi connectivity index (χ1) is 7.98. The SMILES string of the molecule is CCCC[C@@](N)(Cc1ccc(F)cc1)C(=O)O. The second-order valence-electron chi connectivity index (χ2n) is 4.37. The van der Waals surface area contributed by atoms with Crippen LogP contribution in [0.4, 0.5) is 4.39 Å². The summed E-state index contributed by atoms with van der Waals surface area (Å²) in [6.45, 7) is 1.99. The van der Waals surface area contributed by atoms with Gasteiger partial charge in [0.15, 0.2) is 0 Å². The van der Waals surface area contributed by atoms with E-state index in [4.69, 9.17) is 5.73 Å². The molecule has 17 heavy (non-hydrogen) atoms. The van der Waals surface area contributed by atoms with Gasteiger partial charge in [0.2, 0.25) is 0 Å². The number of benzene rings is 1. The third kappa shape index (κ3) is 3.82. The minimum Gasteiger partial charge on any atom is -0.480 e. The molecule has 0 amide bonds. The van der Waals surface area contributed by atoms with Crippen LogP contribution in [0.2, 0.25) is 0 Å². The van der Waals surface area contributed by atoms with E-state index >= 15 is 0 Å². The lowest BCUT2D eigenvalue weighted by Gasteiger charge is -2.24. The lowest BCUT2D eigenvalue weighted by Crippen LogP contribution is -2.49. The predicted molar refractivity (Wildman–Crippen MR) is 64.2 cm³/mol. The number of aliphatic carboxylic acids is 1. The zero-order valence-electron chi connectivity index (χ0n) is 9.95. The molecule has 0 radical (unpaired) electrons. The van der Waals surface area contributed by atoms with Crippen molar-refractivity contribution in [1.29, 1.82) is 0 Å². The van der Waals surface area contributed by atoms with Gasteiger partial charge in [-0.2, -0.15) is 0 Å². The topological polar surface area (TPSA) is 63.3 Å². The highest BCUT2D eigenvalue weighted by Gasteiger charge is 2.33. The van der Waals surface area contributed by atoms with E-state index in [9.17, 15) is 14.3 Å². The van der Waals surface area contributed by atoms with Crippen molar-refractivity contribution < 1.29 is 14.3 Å². The van der Waals surface area contributed by atoms with Crippen molar-refractivity contribution in [3.63, 3.8) is 0 Å². The lowest BCUT2D eigenvalue weighted by molar-refractivity contribution is -0.143. The van der Waals surface area contributed by atoms with Gasteiger partial charge in [0.1, 0.15) is 11.4 Å². The van der Waals surface area contributed by atoms with Gasteiger partial charge in [-0.15, -0.1) is 0 Å². The van der Waals surface area contributed by atoms with Crippen LogP contribution in [0.1, 0.15) is 31.7 Å². The van der Waals surface area contributed by atoms with E-state index in [1.165, 1.54) is 12.1 Å². The van der Waals surface area contributed by atoms with Crippen molar-refractivity contribution in [3.05, 3.63) is 35.6 Å². The summed E-state index contributed by atoms with van der Waals surface area (Å²) >= 11 is 0. The summed E-state index contributed by atoms with van der Waals surface area (Å²) in [4.78, 5) is 11.2. The van der Waals surface area contributed by atoms with Crippen molar-refractivity contribution in [1.82, 2.24) is 0 Å². The molecule has 0 aliphatic heterocycles. The van der Waals surface area contributed by atoms with Crippen LogP contribution >= 0.6 is 0 Å². The second-order valence-corrected chi connectivity index (χ2v) is 4.37. The number of unbranched alkanes of at least 4 members (excludes halogenated alkanes) is 1. The Morgan fingerprint density at radius 3 is 2.47 bits per heavy atom. The maximum Gasteiger partial charge on any atom is 0.324 e. The molecule has 0 fully saturated rings. The van der Waals surface area contributed by atoms with Crippen molar-refractivity contribution in [2.75, 3.05) is 0 Å². The minimum absolute atomic E-state index is 0.225. The first-order valence-electron chi connectivity index (χ1n) is 5.74. The standard InChI is InChI=1S/C13H18FNO2/c1-2-3-8-13(15,12(16)17)9-10-4-6-11(14)7-5-10/h4-7H,2-3,8-9,15H2,1H3,(H,16,17)/t13-/m1/s1. The Balaban J connectivity index is 2.79. The largest absolute Gasteiger partial charge is 0.480 e. The molecule has 0 aliphatic rings. The molecule has 3 N–H and O–H groups in total. The molecule has 0 unspecified atom stereocenters. The fourth-order valence-electron chi connectivity index (χ4n) is 1.73. The van der Waals surface area contributed by atoms with Gasteiger partial charge in [-0.05, 0) is 24.1 Å². The molecule has 0 heterocycles. The van der Waals surface area contributed by atoms with Crippen LogP contribution in [0.5, 0.6) is 0 Å². The zero-order chi connectivity index (χ0) is 12.9. The normalized spacial score (nSPS) is 14.3. The number of carboxylic acid groups (broad SMARTS) is 1. The zero-order valence-corrected chi connectivity index (χ0v) is 9.95. The molecule has 0 spiro atoms. The van der Waals surface area contributed by atoms with Gasteiger partial charge in [0.25, 0.3) is 0 Å². The first-order valence-corrected chi connectivity index (χ1v) is 5.74. The Kier molecular flexibility index (Phi) is 4.63. The van der Waals surface area contributed by atoms with Crippen LogP contribution in [0, 0.1) is 5.82 Å². The predicted octanol–water partition coefficient (Wildman–Crippen LogP) is 2.34. The van der Waals surface area contributed by atoms with E-state index < -0.39 is 11.5 Å². The number of hydrogen-bond acceptors (Lipinski definition) is 2. The molecule has 1 aromatic rings. The summed E-state index contributed by atoms with van der Waals surface area (Å²) in [6.07, 6.45) is 2.32. The van der Waals surface area contributed by atoms with Crippen LogP contribution in [-0.4, -0.2) is 16.6 Å². The summed E-state index contributed by atoms with van der Waals surface area (Å²) in [7, 11) is 0. The molecule has 1 rings (SSSR count). The highest BCUT2D eigenvalue weighted by atomic mass is 19.1. The van der Waals surface area contributed by atoms with Crippen LogP contribution in [-0.2, 0) is 11.2 Å². The summed E-state index contributed by atoms with van der Waals surface area (Å²) in [5.74, 6) is -1.34. The Bertz CT molecular complexity index is 378. The van der Waals surface area contributed by atoms with Gasteiger partial charge in [0, 0.05) is 6.42 Å².